The van der Waals surface area contributed by atoms with Gasteiger partial charge in [0.1, 0.15) is 11.6 Å². The fourth-order valence-corrected chi connectivity index (χ4v) is 4.20. The second-order valence-electron chi connectivity index (χ2n) is 8.86. The molecule has 2 amide bonds. The number of hydrogen-bond donors (Lipinski definition) is 2. The van der Waals surface area contributed by atoms with E-state index in [1.165, 1.54) is 0 Å². The average molecular weight is 500 g/mol. The van der Waals surface area contributed by atoms with Crippen LogP contribution in [0.25, 0.3) is 5.57 Å². The summed E-state index contributed by atoms with van der Waals surface area (Å²) in [5.74, 6) is -0.444. The van der Waals surface area contributed by atoms with Gasteiger partial charge < -0.3 is 10.6 Å². The van der Waals surface area contributed by atoms with Crippen molar-refractivity contribution < 1.29 is 9.59 Å². The van der Waals surface area contributed by atoms with Gasteiger partial charge in [0.25, 0.3) is 5.91 Å². The number of aryl methyl sites for hydroxylation is 1. The Hall–Kier alpha value is -4.95. The molecule has 188 valence electrons. The van der Waals surface area contributed by atoms with Gasteiger partial charge in [-0.2, -0.15) is 5.26 Å². The van der Waals surface area contributed by atoms with E-state index in [9.17, 15) is 14.9 Å². The summed E-state index contributed by atoms with van der Waals surface area (Å²) in [6, 6.07) is 38.7. The van der Waals surface area contributed by atoms with E-state index in [0.29, 0.717) is 25.0 Å². The smallest absolute Gasteiger partial charge is 0.262 e. The van der Waals surface area contributed by atoms with Crippen molar-refractivity contribution in [3.8, 4) is 6.07 Å². The molecular formula is C33H29N3O2. The van der Waals surface area contributed by atoms with E-state index in [0.717, 1.165) is 27.8 Å². The Kier molecular flexibility index (Phi) is 9.20. The number of nitrogens with zero attached hydrogens (tertiary/aromatic N) is 1. The summed E-state index contributed by atoms with van der Waals surface area (Å²) in [4.78, 5) is 25.5. The Morgan fingerprint density at radius 2 is 1.13 bits per heavy atom. The SMILES string of the molecule is N#CC(C(=O)NCc1cccc(CNC(=O)CCc2ccccc2)c1)=C(c1ccccc1)c1ccccc1. The van der Waals surface area contributed by atoms with Crippen LogP contribution in [0.15, 0.2) is 121 Å². The lowest BCUT2D eigenvalue weighted by Crippen LogP contribution is -2.25. The van der Waals surface area contributed by atoms with Crippen LogP contribution in [0.4, 0.5) is 0 Å². The highest BCUT2D eigenvalue weighted by Crippen LogP contribution is 2.27. The van der Waals surface area contributed by atoms with Gasteiger partial charge >= 0.3 is 0 Å². The van der Waals surface area contributed by atoms with Crippen molar-refractivity contribution in [2.75, 3.05) is 0 Å². The molecule has 2 N–H and O–H groups in total. The molecule has 0 atom stereocenters. The molecule has 0 radical (unpaired) electrons. The molecule has 0 saturated carbocycles. The number of carbonyl (C=O) groups excluding carboxylic acids is 2. The van der Waals surface area contributed by atoms with Crippen molar-refractivity contribution in [2.24, 2.45) is 0 Å². The molecule has 5 heteroatoms. The molecule has 5 nitrogen and oxygen atoms in total. The molecule has 0 fully saturated rings. The van der Waals surface area contributed by atoms with E-state index in [1.54, 1.807) is 0 Å². The summed E-state index contributed by atoms with van der Waals surface area (Å²) >= 11 is 0. The first-order valence-electron chi connectivity index (χ1n) is 12.6. The summed E-state index contributed by atoms with van der Waals surface area (Å²) in [7, 11) is 0. The Labute approximate surface area is 223 Å². The maximum atomic E-state index is 13.2. The third-order valence-electron chi connectivity index (χ3n) is 6.13. The third-order valence-corrected chi connectivity index (χ3v) is 6.13. The Morgan fingerprint density at radius 3 is 1.68 bits per heavy atom. The van der Waals surface area contributed by atoms with Crippen LogP contribution in [0.2, 0.25) is 0 Å². The van der Waals surface area contributed by atoms with Gasteiger partial charge in [-0.15, -0.1) is 0 Å². The van der Waals surface area contributed by atoms with E-state index >= 15 is 0 Å². The van der Waals surface area contributed by atoms with Crippen molar-refractivity contribution in [2.45, 2.75) is 25.9 Å². The topological polar surface area (TPSA) is 82.0 Å². The molecule has 0 unspecified atom stereocenters. The minimum atomic E-state index is -0.435. The van der Waals surface area contributed by atoms with E-state index < -0.39 is 5.91 Å². The highest BCUT2D eigenvalue weighted by Gasteiger charge is 2.18. The molecule has 0 saturated heterocycles. The lowest BCUT2D eigenvalue weighted by Gasteiger charge is -2.13. The lowest BCUT2D eigenvalue weighted by atomic mass is 9.93. The fourth-order valence-electron chi connectivity index (χ4n) is 4.20. The fraction of sp³-hybridized carbons (Fsp3) is 0.121. The molecule has 4 rings (SSSR count). The molecule has 0 bridgehead atoms. The summed E-state index contributed by atoms with van der Waals surface area (Å²) in [6.07, 6.45) is 1.12. The van der Waals surface area contributed by atoms with E-state index in [1.807, 2.05) is 115 Å². The van der Waals surface area contributed by atoms with Crippen LogP contribution < -0.4 is 10.6 Å². The zero-order valence-electron chi connectivity index (χ0n) is 21.1. The normalized spacial score (nSPS) is 10.2. The van der Waals surface area contributed by atoms with Crippen LogP contribution in [-0.4, -0.2) is 11.8 Å². The van der Waals surface area contributed by atoms with Crippen molar-refractivity contribution in [1.82, 2.24) is 10.6 Å². The van der Waals surface area contributed by atoms with Gasteiger partial charge in [-0.25, -0.2) is 0 Å². The van der Waals surface area contributed by atoms with Gasteiger partial charge in [0.2, 0.25) is 5.91 Å². The predicted molar refractivity (Wildman–Crippen MR) is 149 cm³/mol. The van der Waals surface area contributed by atoms with Gasteiger partial charge in [0.05, 0.1) is 0 Å². The molecule has 0 aliphatic carbocycles. The van der Waals surface area contributed by atoms with Gasteiger partial charge in [-0.3, -0.25) is 9.59 Å². The van der Waals surface area contributed by atoms with Crippen LogP contribution in [0, 0.1) is 11.3 Å². The second-order valence-corrected chi connectivity index (χ2v) is 8.86. The van der Waals surface area contributed by atoms with Crippen molar-refractivity contribution in [3.63, 3.8) is 0 Å². The minimum absolute atomic E-state index is 0.00860. The summed E-state index contributed by atoms with van der Waals surface area (Å²) in [6.45, 7) is 0.668. The number of carbonyl (C=O) groups is 2. The standard InChI is InChI=1S/C33H29N3O2/c34-22-30(32(28-15-6-2-7-16-28)29-17-8-3-9-18-29)33(38)36-24-27-14-10-13-26(21-27)23-35-31(37)20-19-25-11-4-1-5-12-25/h1-18,21H,19-20,23-24H2,(H,35,37)(H,36,38). The predicted octanol–water partition coefficient (Wildman–Crippen LogP) is 5.58. The van der Waals surface area contributed by atoms with E-state index in [2.05, 4.69) is 16.7 Å². The summed E-state index contributed by atoms with van der Waals surface area (Å²) < 4.78 is 0. The zero-order chi connectivity index (χ0) is 26.6. The molecule has 0 aromatic heterocycles. The Bertz CT molecular complexity index is 1400. The van der Waals surface area contributed by atoms with Crippen molar-refractivity contribution >= 4 is 17.4 Å². The van der Waals surface area contributed by atoms with Gasteiger partial charge in [-0.05, 0) is 34.2 Å². The van der Waals surface area contributed by atoms with Gasteiger partial charge in [0, 0.05) is 25.1 Å². The number of benzene rings is 4. The first-order valence-corrected chi connectivity index (χ1v) is 12.6. The molecule has 4 aromatic carbocycles. The first-order chi connectivity index (χ1) is 18.6. The molecular weight excluding hydrogens is 470 g/mol. The molecule has 4 aromatic rings. The van der Waals surface area contributed by atoms with Gasteiger partial charge in [-0.1, -0.05) is 115 Å². The minimum Gasteiger partial charge on any atom is -0.352 e. The first kappa shape index (κ1) is 26.1. The number of amides is 2. The van der Waals surface area contributed by atoms with E-state index in [-0.39, 0.29) is 18.0 Å². The van der Waals surface area contributed by atoms with E-state index in [4.69, 9.17) is 0 Å². The van der Waals surface area contributed by atoms with Crippen LogP contribution in [0.1, 0.15) is 34.2 Å². The summed E-state index contributed by atoms with van der Waals surface area (Å²) in [5.41, 5.74) is 5.21. The van der Waals surface area contributed by atoms with Crippen LogP contribution in [0.5, 0.6) is 0 Å². The monoisotopic (exact) mass is 499 g/mol. The third kappa shape index (κ3) is 7.28. The lowest BCUT2D eigenvalue weighted by molar-refractivity contribution is -0.121. The average Bonchev–Trinajstić information content (AvgIpc) is 2.98. The quantitative estimate of drug-likeness (QED) is 0.221. The van der Waals surface area contributed by atoms with Crippen molar-refractivity contribution in [1.29, 1.82) is 5.26 Å². The maximum absolute atomic E-state index is 13.2. The molecule has 38 heavy (non-hydrogen) atoms. The van der Waals surface area contributed by atoms with Crippen LogP contribution >= 0.6 is 0 Å². The number of rotatable bonds is 10. The van der Waals surface area contributed by atoms with Crippen LogP contribution in [0.3, 0.4) is 0 Å². The second kappa shape index (κ2) is 13.4. The number of hydrogen-bond acceptors (Lipinski definition) is 3. The molecule has 0 aliphatic rings. The highest BCUT2D eigenvalue weighted by molar-refractivity contribution is 6.07. The molecule has 0 aliphatic heterocycles. The largest absolute Gasteiger partial charge is 0.352 e. The Morgan fingerprint density at radius 1 is 0.632 bits per heavy atom. The van der Waals surface area contributed by atoms with Gasteiger partial charge in [0.15, 0.2) is 0 Å². The summed E-state index contributed by atoms with van der Waals surface area (Å²) in [5, 5.41) is 15.8. The number of nitrogens with one attached hydrogen (secondary N) is 2. The molecule has 0 spiro atoms. The highest BCUT2D eigenvalue weighted by atomic mass is 16.2. The zero-order valence-corrected chi connectivity index (χ0v) is 21.1. The maximum Gasteiger partial charge on any atom is 0.262 e. The van der Waals surface area contributed by atoms with Crippen LogP contribution in [-0.2, 0) is 29.1 Å². The molecule has 0 heterocycles. The Balaban J connectivity index is 1.40. The number of nitriles is 1. The van der Waals surface area contributed by atoms with Crippen molar-refractivity contribution in [3.05, 3.63) is 149 Å².